The van der Waals surface area contributed by atoms with Crippen molar-refractivity contribution in [3.63, 3.8) is 0 Å². The van der Waals surface area contributed by atoms with Crippen molar-refractivity contribution >= 4 is 34.6 Å². The van der Waals surface area contributed by atoms with Crippen molar-refractivity contribution in [2.24, 2.45) is 10.9 Å². The van der Waals surface area contributed by atoms with E-state index in [1.807, 2.05) is 53.4 Å². The predicted molar refractivity (Wildman–Crippen MR) is 153 cm³/mol. The fourth-order valence-corrected chi connectivity index (χ4v) is 6.23. The van der Waals surface area contributed by atoms with Crippen LogP contribution in [0.4, 0.5) is 5.69 Å². The van der Waals surface area contributed by atoms with Gasteiger partial charge >= 0.3 is 0 Å². The summed E-state index contributed by atoms with van der Waals surface area (Å²) in [6.45, 7) is 14.9. The van der Waals surface area contributed by atoms with E-state index in [-0.39, 0.29) is 22.8 Å². The predicted octanol–water partition coefficient (Wildman–Crippen LogP) is 8.17. The second-order valence-corrected chi connectivity index (χ2v) is 13.3. The lowest BCUT2D eigenvalue weighted by Gasteiger charge is -2.35. The standard InChI is InChI=1S/C31H40N2O2S/c1-20-13-11-12-16-25(20)33-28(35)26(36-29(33)32-22-14-9-8-10-15-22)19-21-17-23(30(2,3)4)27(34)24(18-21)31(5,6)7/h8-10,14-15,17-20,25,34H,11-13,16H2,1-7H3/b26-19-,32-29?/t20-,25+/m1/s1. The molecule has 1 saturated heterocycles. The van der Waals surface area contributed by atoms with Crippen LogP contribution in [0.15, 0.2) is 52.4 Å². The van der Waals surface area contributed by atoms with E-state index in [4.69, 9.17) is 4.99 Å². The lowest BCUT2D eigenvalue weighted by atomic mass is 9.78. The number of amidine groups is 1. The lowest BCUT2D eigenvalue weighted by molar-refractivity contribution is -0.124. The first-order valence-electron chi connectivity index (χ1n) is 13.1. The van der Waals surface area contributed by atoms with E-state index in [0.717, 1.165) is 46.8 Å². The molecule has 2 fully saturated rings. The Morgan fingerprint density at radius 2 is 1.56 bits per heavy atom. The fourth-order valence-electron chi connectivity index (χ4n) is 5.19. The Bertz CT molecular complexity index is 1150. The number of carbonyl (C=O) groups is 1. The van der Waals surface area contributed by atoms with Gasteiger partial charge < -0.3 is 5.11 Å². The maximum Gasteiger partial charge on any atom is 0.267 e. The van der Waals surface area contributed by atoms with Crippen LogP contribution in [0.2, 0.25) is 0 Å². The van der Waals surface area contributed by atoms with Gasteiger partial charge in [0.1, 0.15) is 5.75 Å². The van der Waals surface area contributed by atoms with E-state index in [1.165, 1.54) is 18.2 Å². The SMILES string of the molecule is C[C@@H]1CCCC[C@@H]1N1C(=O)/C(=C/c2cc(C(C)(C)C)c(O)c(C(C)(C)C)c2)SC1=Nc1ccccc1. The zero-order valence-electron chi connectivity index (χ0n) is 22.8. The van der Waals surface area contributed by atoms with Gasteiger partial charge in [-0.3, -0.25) is 9.69 Å². The molecule has 1 aliphatic heterocycles. The molecule has 1 aliphatic carbocycles. The van der Waals surface area contributed by atoms with E-state index in [2.05, 4.69) is 48.5 Å². The minimum atomic E-state index is -0.227. The van der Waals surface area contributed by atoms with Crippen LogP contribution in [0.1, 0.15) is 90.8 Å². The zero-order chi connectivity index (χ0) is 26.3. The Morgan fingerprint density at radius 1 is 0.972 bits per heavy atom. The van der Waals surface area contributed by atoms with Crippen LogP contribution in [0.3, 0.4) is 0 Å². The molecule has 2 aromatic rings. The molecule has 4 rings (SSSR count). The van der Waals surface area contributed by atoms with Gasteiger partial charge in [-0.25, -0.2) is 4.99 Å². The van der Waals surface area contributed by atoms with Crippen LogP contribution >= 0.6 is 11.8 Å². The summed E-state index contributed by atoms with van der Waals surface area (Å²) < 4.78 is 0. The number of hydrogen-bond acceptors (Lipinski definition) is 4. The highest BCUT2D eigenvalue weighted by atomic mass is 32.2. The molecule has 5 heteroatoms. The van der Waals surface area contributed by atoms with Crippen LogP contribution < -0.4 is 0 Å². The zero-order valence-corrected chi connectivity index (χ0v) is 23.6. The maximum absolute atomic E-state index is 13.9. The van der Waals surface area contributed by atoms with Crippen molar-refractivity contribution in [1.82, 2.24) is 4.90 Å². The second-order valence-electron chi connectivity index (χ2n) is 12.3. The van der Waals surface area contributed by atoms with E-state index in [0.29, 0.717) is 16.6 Å². The van der Waals surface area contributed by atoms with E-state index >= 15 is 0 Å². The van der Waals surface area contributed by atoms with Crippen LogP contribution in [0.25, 0.3) is 6.08 Å². The number of carbonyl (C=O) groups excluding carboxylic acids is 1. The fraction of sp³-hybridized carbons (Fsp3) is 0.484. The summed E-state index contributed by atoms with van der Waals surface area (Å²) in [4.78, 5) is 21.5. The van der Waals surface area contributed by atoms with Gasteiger partial charge in [0.15, 0.2) is 5.17 Å². The average molecular weight is 505 g/mol. The molecule has 1 amide bonds. The van der Waals surface area contributed by atoms with Gasteiger partial charge in [-0.1, -0.05) is 79.5 Å². The van der Waals surface area contributed by atoms with Gasteiger partial charge in [0.2, 0.25) is 0 Å². The molecule has 2 atom stereocenters. The first-order valence-corrected chi connectivity index (χ1v) is 13.9. The van der Waals surface area contributed by atoms with Crippen LogP contribution in [0, 0.1) is 5.92 Å². The summed E-state index contributed by atoms with van der Waals surface area (Å²) >= 11 is 1.47. The number of benzene rings is 2. The van der Waals surface area contributed by atoms with Crippen molar-refractivity contribution in [2.45, 2.75) is 91.0 Å². The molecule has 1 heterocycles. The largest absolute Gasteiger partial charge is 0.507 e. The van der Waals surface area contributed by atoms with Gasteiger partial charge in [-0.15, -0.1) is 0 Å². The van der Waals surface area contributed by atoms with Crippen molar-refractivity contribution in [3.8, 4) is 5.75 Å². The Balaban J connectivity index is 1.81. The maximum atomic E-state index is 13.9. The number of amides is 1. The molecule has 0 radical (unpaired) electrons. The number of aromatic hydroxyl groups is 1. The van der Waals surface area contributed by atoms with Gasteiger partial charge in [-0.2, -0.15) is 0 Å². The highest BCUT2D eigenvalue weighted by Gasteiger charge is 2.41. The lowest BCUT2D eigenvalue weighted by Crippen LogP contribution is -2.44. The van der Waals surface area contributed by atoms with Gasteiger partial charge in [0, 0.05) is 17.2 Å². The molecule has 0 aromatic heterocycles. The van der Waals surface area contributed by atoms with E-state index < -0.39 is 0 Å². The minimum Gasteiger partial charge on any atom is -0.507 e. The highest BCUT2D eigenvalue weighted by molar-refractivity contribution is 8.18. The summed E-state index contributed by atoms with van der Waals surface area (Å²) in [6.07, 6.45) is 6.50. The Labute approximate surface area is 220 Å². The molecule has 0 spiro atoms. The number of thioether (sulfide) groups is 1. The third-order valence-electron chi connectivity index (χ3n) is 7.26. The molecule has 2 aromatic carbocycles. The highest BCUT2D eigenvalue weighted by Crippen LogP contribution is 2.43. The Kier molecular flexibility index (Phi) is 7.43. The monoisotopic (exact) mass is 504 g/mol. The topological polar surface area (TPSA) is 52.9 Å². The quantitative estimate of drug-likeness (QED) is 0.429. The molecule has 36 heavy (non-hydrogen) atoms. The molecule has 4 nitrogen and oxygen atoms in total. The summed E-state index contributed by atoms with van der Waals surface area (Å²) in [5, 5.41) is 11.9. The Morgan fingerprint density at radius 3 is 2.11 bits per heavy atom. The van der Waals surface area contributed by atoms with Crippen LogP contribution in [-0.2, 0) is 15.6 Å². The molecular formula is C31H40N2O2S. The number of nitrogens with zero attached hydrogens (tertiary/aromatic N) is 2. The van der Waals surface area contributed by atoms with Crippen molar-refractivity contribution in [2.75, 3.05) is 0 Å². The molecular weight excluding hydrogens is 464 g/mol. The Hall–Kier alpha value is -2.53. The van der Waals surface area contributed by atoms with Crippen molar-refractivity contribution < 1.29 is 9.90 Å². The molecule has 0 unspecified atom stereocenters. The summed E-state index contributed by atoms with van der Waals surface area (Å²) in [5.74, 6) is 0.833. The summed E-state index contributed by atoms with van der Waals surface area (Å²) in [5.41, 5.74) is 3.14. The number of rotatable bonds is 3. The number of phenolic OH excluding ortho intramolecular Hbond substituents is 1. The average Bonchev–Trinajstić information content (AvgIpc) is 3.08. The third-order valence-corrected chi connectivity index (χ3v) is 8.24. The summed E-state index contributed by atoms with van der Waals surface area (Å²) in [6, 6.07) is 14.1. The summed E-state index contributed by atoms with van der Waals surface area (Å²) in [7, 11) is 0. The van der Waals surface area contributed by atoms with Crippen molar-refractivity contribution in [1.29, 1.82) is 0 Å². The number of hydrogen-bond donors (Lipinski definition) is 1. The van der Waals surface area contributed by atoms with E-state index in [9.17, 15) is 9.90 Å². The molecule has 192 valence electrons. The van der Waals surface area contributed by atoms with Gasteiger partial charge in [-0.05, 0) is 77.3 Å². The van der Waals surface area contributed by atoms with Gasteiger partial charge in [0.05, 0.1) is 10.6 Å². The van der Waals surface area contributed by atoms with Gasteiger partial charge in [0.25, 0.3) is 5.91 Å². The third kappa shape index (κ3) is 5.56. The second kappa shape index (κ2) is 10.1. The van der Waals surface area contributed by atoms with Crippen LogP contribution in [0.5, 0.6) is 5.75 Å². The normalized spacial score (nSPS) is 23.6. The van der Waals surface area contributed by atoms with Crippen LogP contribution in [-0.4, -0.2) is 27.1 Å². The number of para-hydroxylation sites is 1. The first kappa shape index (κ1) is 26.5. The smallest absolute Gasteiger partial charge is 0.267 e. The van der Waals surface area contributed by atoms with E-state index in [1.54, 1.807) is 0 Å². The van der Waals surface area contributed by atoms with Crippen molar-refractivity contribution in [3.05, 3.63) is 64.1 Å². The molecule has 2 aliphatic rings. The molecule has 0 bridgehead atoms. The number of aliphatic imine (C=N–C) groups is 1. The number of phenols is 1. The molecule has 1 N–H and O–H groups in total. The molecule has 1 saturated carbocycles. The minimum absolute atomic E-state index is 0.0381. The first-order chi connectivity index (χ1) is 16.9.